The number of piperazine rings is 1. The standard InChI is InChI=1S/C33H37F3N6O4/c1-6-29(43)42-15-14-41(18-22(42)5)19-27(25-11-8-12-28(39-25)33(34,35)36)46-26-16-21(4)23(17-24(26)31(44)37-7-2)32(45)40-30-20(3)10-9-13-38-30/h6,8-13,16-17,22,27H,1,7,14-15,18-19H2,2-5H3,(H,37,44)(H,38,40,45)/t22-,27-/m1/s1. The largest absolute Gasteiger partial charge is 0.482 e. The average molecular weight is 639 g/mol. The molecule has 0 bridgehead atoms. The summed E-state index contributed by atoms with van der Waals surface area (Å²) in [5.74, 6) is -0.780. The van der Waals surface area contributed by atoms with Crippen LogP contribution in [-0.2, 0) is 11.0 Å². The number of ether oxygens (including phenoxy) is 1. The predicted molar refractivity (Wildman–Crippen MR) is 167 cm³/mol. The second kappa shape index (κ2) is 14.5. The molecule has 244 valence electrons. The van der Waals surface area contributed by atoms with Gasteiger partial charge in [-0.15, -0.1) is 0 Å². The lowest BCUT2D eigenvalue weighted by atomic mass is 10.0. The molecule has 2 atom stereocenters. The van der Waals surface area contributed by atoms with Crippen LogP contribution in [0.15, 0.2) is 61.3 Å². The van der Waals surface area contributed by atoms with Crippen LogP contribution in [0.3, 0.4) is 0 Å². The van der Waals surface area contributed by atoms with Crippen molar-refractivity contribution in [1.82, 2.24) is 25.1 Å². The van der Waals surface area contributed by atoms with Crippen molar-refractivity contribution < 1.29 is 32.3 Å². The molecular weight excluding hydrogens is 601 g/mol. The topological polar surface area (TPSA) is 117 Å². The number of halogens is 3. The van der Waals surface area contributed by atoms with Crippen LogP contribution in [0.4, 0.5) is 19.0 Å². The molecule has 0 aliphatic carbocycles. The molecule has 0 unspecified atom stereocenters. The van der Waals surface area contributed by atoms with Gasteiger partial charge in [-0.25, -0.2) is 9.97 Å². The third-order valence-electron chi connectivity index (χ3n) is 7.65. The number of benzene rings is 1. The van der Waals surface area contributed by atoms with Crippen molar-refractivity contribution in [3.05, 3.63) is 95.0 Å². The Kier molecular flexibility index (Phi) is 10.8. The maximum Gasteiger partial charge on any atom is 0.433 e. The maximum absolute atomic E-state index is 13.7. The van der Waals surface area contributed by atoms with Gasteiger partial charge in [0.1, 0.15) is 17.3 Å². The number of carbonyl (C=O) groups excluding carboxylic acids is 3. The lowest BCUT2D eigenvalue weighted by Gasteiger charge is -2.40. The van der Waals surface area contributed by atoms with Crippen LogP contribution in [0.1, 0.15) is 63.2 Å². The number of aromatic nitrogens is 2. The highest BCUT2D eigenvalue weighted by Crippen LogP contribution is 2.32. The molecule has 1 saturated heterocycles. The molecular formula is C33H37F3N6O4. The van der Waals surface area contributed by atoms with Gasteiger partial charge in [0.25, 0.3) is 11.8 Å². The van der Waals surface area contributed by atoms with E-state index in [2.05, 4.69) is 27.2 Å². The highest BCUT2D eigenvalue weighted by molar-refractivity contribution is 6.07. The minimum Gasteiger partial charge on any atom is -0.482 e. The molecule has 1 aromatic carbocycles. The van der Waals surface area contributed by atoms with Gasteiger partial charge in [-0.2, -0.15) is 13.2 Å². The number of hydrogen-bond acceptors (Lipinski definition) is 7. The van der Waals surface area contributed by atoms with Gasteiger partial charge in [0.2, 0.25) is 5.91 Å². The van der Waals surface area contributed by atoms with Crippen LogP contribution < -0.4 is 15.4 Å². The molecule has 10 nitrogen and oxygen atoms in total. The van der Waals surface area contributed by atoms with E-state index in [0.29, 0.717) is 31.0 Å². The van der Waals surface area contributed by atoms with E-state index in [1.165, 1.54) is 30.3 Å². The molecule has 0 spiro atoms. The van der Waals surface area contributed by atoms with Crippen LogP contribution in [0.2, 0.25) is 0 Å². The minimum absolute atomic E-state index is 0.0130. The molecule has 1 aliphatic heterocycles. The highest BCUT2D eigenvalue weighted by atomic mass is 19.4. The molecule has 0 saturated carbocycles. The Morgan fingerprint density at radius 3 is 2.50 bits per heavy atom. The fourth-order valence-electron chi connectivity index (χ4n) is 5.26. The van der Waals surface area contributed by atoms with Gasteiger partial charge in [-0.1, -0.05) is 18.7 Å². The number of hydrogen-bond donors (Lipinski definition) is 2. The van der Waals surface area contributed by atoms with Crippen LogP contribution in [0, 0.1) is 13.8 Å². The van der Waals surface area contributed by atoms with Gasteiger partial charge < -0.3 is 20.3 Å². The number of pyridine rings is 2. The van der Waals surface area contributed by atoms with Gasteiger partial charge >= 0.3 is 6.18 Å². The summed E-state index contributed by atoms with van der Waals surface area (Å²) in [6.07, 6.45) is -2.93. The Morgan fingerprint density at radius 1 is 1.09 bits per heavy atom. The molecule has 1 aliphatic rings. The van der Waals surface area contributed by atoms with Gasteiger partial charge in [-0.3, -0.25) is 19.3 Å². The Balaban J connectivity index is 1.72. The third-order valence-corrected chi connectivity index (χ3v) is 7.65. The lowest BCUT2D eigenvalue weighted by molar-refractivity contribution is -0.141. The quantitative estimate of drug-likeness (QED) is 0.302. The number of amides is 3. The average Bonchev–Trinajstić information content (AvgIpc) is 3.01. The van der Waals surface area contributed by atoms with E-state index in [0.717, 1.165) is 11.6 Å². The van der Waals surface area contributed by atoms with E-state index >= 15 is 0 Å². The van der Waals surface area contributed by atoms with Crippen LogP contribution in [0.5, 0.6) is 5.75 Å². The SMILES string of the molecule is C=CC(=O)N1CCN(C[C@@H](Oc2cc(C)c(C(=O)Nc3ncccc3C)cc2C(=O)NCC)c2cccc(C(F)(F)F)n2)C[C@H]1C. The summed E-state index contributed by atoms with van der Waals surface area (Å²) in [6.45, 7) is 12.3. The molecule has 0 radical (unpaired) electrons. The van der Waals surface area contributed by atoms with Gasteiger partial charge in [0.15, 0.2) is 6.10 Å². The normalized spacial score (nSPS) is 16.0. The molecule has 2 N–H and O–H groups in total. The first kappa shape index (κ1) is 34.1. The van der Waals surface area contributed by atoms with E-state index in [1.807, 2.05) is 11.8 Å². The summed E-state index contributed by atoms with van der Waals surface area (Å²) in [7, 11) is 0. The smallest absolute Gasteiger partial charge is 0.433 e. The second-order valence-electron chi connectivity index (χ2n) is 11.0. The number of rotatable bonds is 10. The number of nitrogens with zero attached hydrogens (tertiary/aromatic N) is 4. The zero-order valence-corrected chi connectivity index (χ0v) is 26.1. The molecule has 13 heteroatoms. The summed E-state index contributed by atoms with van der Waals surface area (Å²) in [6, 6.07) is 9.85. The molecule has 46 heavy (non-hydrogen) atoms. The molecule has 3 amide bonds. The van der Waals surface area contributed by atoms with Gasteiger partial charge in [0, 0.05) is 50.5 Å². The van der Waals surface area contributed by atoms with Crippen LogP contribution in [0.25, 0.3) is 0 Å². The van der Waals surface area contributed by atoms with E-state index in [-0.39, 0.29) is 47.6 Å². The molecule has 1 fully saturated rings. The molecule has 3 aromatic rings. The lowest BCUT2D eigenvalue weighted by Crippen LogP contribution is -2.54. The van der Waals surface area contributed by atoms with Crippen molar-refractivity contribution in [1.29, 1.82) is 0 Å². The van der Waals surface area contributed by atoms with Gasteiger partial charge in [-0.05, 0) is 75.2 Å². The Morgan fingerprint density at radius 2 is 1.85 bits per heavy atom. The summed E-state index contributed by atoms with van der Waals surface area (Å²) in [5.41, 5.74) is 0.378. The van der Waals surface area contributed by atoms with E-state index in [4.69, 9.17) is 4.74 Å². The van der Waals surface area contributed by atoms with Crippen molar-refractivity contribution in [3.8, 4) is 5.75 Å². The van der Waals surface area contributed by atoms with E-state index < -0.39 is 29.8 Å². The highest BCUT2D eigenvalue weighted by Gasteiger charge is 2.35. The first-order valence-electron chi connectivity index (χ1n) is 14.8. The second-order valence-corrected chi connectivity index (χ2v) is 11.0. The molecule has 2 aromatic heterocycles. The maximum atomic E-state index is 13.7. The van der Waals surface area contributed by atoms with E-state index in [9.17, 15) is 27.6 Å². The van der Waals surface area contributed by atoms with Crippen molar-refractivity contribution in [2.75, 3.05) is 38.0 Å². The first-order valence-corrected chi connectivity index (χ1v) is 14.8. The Hall–Kier alpha value is -4.78. The van der Waals surface area contributed by atoms with Crippen molar-refractivity contribution in [3.63, 3.8) is 0 Å². The fraction of sp³-hybridized carbons (Fsp3) is 0.364. The number of carbonyl (C=O) groups is 3. The van der Waals surface area contributed by atoms with Crippen LogP contribution in [-0.4, -0.2) is 76.3 Å². The summed E-state index contributed by atoms with van der Waals surface area (Å²) >= 11 is 0. The minimum atomic E-state index is -4.69. The van der Waals surface area contributed by atoms with Gasteiger partial charge in [0.05, 0.1) is 11.3 Å². The zero-order chi connectivity index (χ0) is 33.6. The zero-order valence-electron chi connectivity index (χ0n) is 26.1. The summed E-state index contributed by atoms with van der Waals surface area (Å²) in [5, 5.41) is 5.48. The third kappa shape index (κ3) is 8.08. The van der Waals surface area contributed by atoms with Crippen molar-refractivity contribution in [2.45, 2.75) is 46.0 Å². The number of alkyl halides is 3. The van der Waals surface area contributed by atoms with E-state index in [1.54, 1.807) is 44.0 Å². The predicted octanol–water partition coefficient (Wildman–Crippen LogP) is 4.95. The first-order chi connectivity index (χ1) is 21.8. The molecule has 4 rings (SSSR count). The molecule has 3 heterocycles. The fourth-order valence-corrected chi connectivity index (χ4v) is 5.26. The summed E-state index contributed by atoms with van der Waals surface area (Å²) < 4.78 is 47.4. The summed E-state index contributed by atoms with van der Waals surface area (Å²) in [4.78, 5) is 50.6. The Bertz CT molecular complexity index is 1610. The number of anilines is 1. The number of aryl methyl sites for hydroxylation is 2. The van der Waals surface area contributed by atoms with Crippen molar-refractivity contribution in [2.24, 2.45) is 0 Å². The van der Waals surface area contributed by atoms with Crippen molar-refractivity contribution >= 4 is 23.5 Å². The number of nitrogens with one attached hydrogen (secondary N) is 2. The Labute approximate surface area is 265 Å². The monoisotopic (exact) mass is 638 g/mol. The van der Waals surface area contributed by atoms with Crippen LogP contribution >= 0.6 is 0 Å².